The number of aromatic nitrogens is 2. The van der Waals surface area contributed by atoms with E-state index in [4.69, 9.17) is 0 Å². The van der Waals surface area contributed by atoms with Crippen LogP contribution in [0.1, 0.15) is 36.7 Å². The number of aryl methyl sites for hydroxylation is 2. The number of hydrogen-bond acceptors (Lipinski definition) is 2. The van der Waals surface area contributed by atoms with Gasteiger partial charge in [0.25, 0.3) is 0 Å². The summed E-state index contributed by atoms with van der Waals surface area (Å²) in [5.41, 5.74) is 4.64. The average molecular weight is 287 g/mol. The molecule has 0 atom stereocenters. The molecule has 3 nitrogen and oxygen atoms in total. The maximum atomic E-state index is 14.3. The van der Waals surface area contributed by atoms with Crippen LogP contribution in [0.2, 0.25) is 0 Å². The van der Waals surface area contributed by atoms with Gasteiger partial charge in [-0.2, -0.15) is 5.10 Å². The number of nitrogens with one attached hydrogen (secondary N) is 1. The minimum atomic E-state index is -0.174. The van der Waals surface area contributed by atoms with Crippen molar-refractivity contribution in [3.63, 3.8) is 0 Å². The lowest BCUT2D eigenvalue weighted by Gasteiger charge is -2.09. The lowest BCUT2D eigenvalue weighted by Crippen LogP contribution is -2.15. The molecule has 1 N–H and O–H groups in total. The molecule has 1 aromatic heterocycles. The monoisotopic (exact) mass is 287 g/mol. The molecule has 1 aliphatic rings. The summed E-state index contributed by atoms with van der Waals surface area (Å²) in [7, 11) is 0. The second-order valence-electron chi connectivity index (χ2n) is 5.83. The fourth-order valence-electron chi connectivity index (χ4n) is 2.82. The zero-order valence-corrected chi connectivity index (χ0v) is 12.9. The van der Waals surface area contributed by atoms with Gasteiger partial charge in [0.2, 0.25) is 0 Å². The predicted molar refractivity (Wildman–Crippen MR) is 82.6 cm³/mol. The third-order valence-corrected chi connectivity index (χ3v) is 4.15. The Kier molecular flexibility index (Phi) is 3.81. The van der Waals surface area contributed by atoms with Crippen molar-refractivity contribution < 1.29 is 4.39 Å². The highest BCUT2D eigenvalue weighted by atomic mass is 19.1. The molecule has 1 fully saturated rings. The summed E-state index contributed by atoms with van der Waals surface area (Å²) in [5.74, 6) is -0.174. The third-order valence-electron chi connectivity index (χ3n) is 4.15. The first-order chi connectivity index (χ1) is 10.1. The van der Waals surface area contributed by atoms with Crippen LogP contribution in [0.4, 0.5) is 4.39 Å². The van der Waals surface area contributed by atoms with Gasteiger partial charge >= 0.3 is 0 Å². The molecular weight excluding hydrogens is 265 g/mol. The van der Waals surface area contributed by atoms with Crippen molar-refractivity contribution in [2.24, 2.45) is 0 Å². The maximum absolute atomic E-state index is 14.3. The fourth-order valence-corrected chi connectivity index (χ4v) is 2.82. The van der Waals surface area contributed by atoms with Crippen LogP contribution in [0.15, 0.2) is 18.2 Å². The van der Waals surface area contributed by atoms with Crippen molar-refractivity contribution in [2.45, 2.75) is 52.7 Å². The van der Waals surface area contributed by atoms with Crippen LogP contribution in [0.25, 0.3) is 11.1 Å². The Morgan fingerprint density at radius 1 is 1.33 bits per heavy atom. The number of halogens is 1. The summed E-state index contributed by atoms with van der Waals surface area (Å²) >= 11 is 0. The van der Waals surface area contributed by atoms with Crippen molar-refractivity contribution in [1.29, 1.82) is 0 Å². The van der Waals surface area contributed by atoms with E-state index in [1.807, 2.05) is 30.7 Å². The SMILES string of the molecule is CCn1nc(C)c(-c2cc(CNC3CC3)ccc2F)c1C. The van der Waals surface area contributed by atoms with Crippen molar-refractivity contribution in [2.75, 3.05) is 0 Å². The van der Waals surface area contributed by atoms with E-state index >= 15 is 0 Å². The van der Waals surface area contributed by atoms with Crippen LogP contribution < -0.4 is 5.32 Å². The van der Waals surface area contributed by atoms with Crippen LogP contribution >= 0.6 is 0 Å². The second kappa shape index (κ2) is 5.60. The van der Waals surface area contributed by atoms with E-state index in [0.717, 1.165) is 35.6 Å². The molecule has 0 spiro atoms. The summed E-state index contributed by atoms with van der Waals surface area (Å²) < 4.78 is 16.2. The van der Waals surface area contributed by atoms with Crippen LogP contribution in [-0.2, 0) is 13.1 Å². The first-order valence-electron chi connectivity index (χ1n) is 7.66. The van der Waals surface area contributed by atoms with Gasteiger partial charge in [0.15, 0.2) is 0 Å². The first-order valence-corrected chi connectivity index (χ1v) is 7.66. The van der Waals surface area contributed by atoms with E-state index in [1.165, 1.54) is 12.8 Å². The number of hydrogen-bond donors (Lipinski definition) is 1. The molecule has 3 rings (SSSR count). The standard InChI is InChI=1S/C17H22FN3/c1-4-21-12(3)17(11(2)20-21)15-9-13(5-8-16(15)18)10-19-14-6-7-14/h5,8-9,14,19H,4,6-7,10H2,1-3H3. The van der Waals surface area contributed by atoms with E-state index in [2.05, 4.69) is 17.3 Å². The highest BCUT2D eigenvalue weighted by Crippen LogP contribution is 2.30. The van der Waals surface area contributed by atoms with Gasteiger partial charge in [-0.1, -0.05) is 6.07 Å². The Morgan fingerprint density at radius 3 is 2.71 bits per heavy atom. The molecule has 0 radical (unpaired) electrons. The van der Waals surface area contributed by atoms with Gasteiger partial charge in [-0.3, -0.25) is 4.68 Å². The lowest BCUT2D eigenvalue weighted by molar-refractivity contribution is 0.626. The van der Waals surface area contributed by atoms with Crippen molar-refractivity contribution >= 4 is 0 Å². The Labute approximate surface area is 125 Å². The van der Waals surface area contributed by atoms with Gasteiger partial charge in [-0.25, -0.2) is 4.39 Å². The Bertz CT molecular complexity index is 656. The van der Waals surface area contributed by atoms with Gasteiger partial charge in [0.05, 0.1) is 5.69 Å². The molecule has 0 bridgehead atoms. The van der Waals surface area contributed by atoms with Crippen LogP contribution in [-0.4, -0.2) is 15.8 Å². The van der Waals surface area contributed by atoms with E-state index < -0.39 is 0 Å². The summed E-state index contributed by atoms with van der Waals surface area (Å²) in [6, 6.07) is 6.05. The summed E-state index contributed by atoms with van der Waals surface area (Å²) in [4.78, 5) is 0. The maximum Gasteiger partial charge on any atom is 0.131 e. The highest BCUT2D eigenvalue weighted by molar-refractivity contribution is 5.69. The van der Waals surface area contributed by atoms with Gasteiger partial charge in [-0.15, -0.1) is 0 Å². The van der Waals surface area contributed by atoms with Crippen LogP contribution in [0, 0.1) is 19.7 Å². The van der Waals surface area contributed by atoms with E-state index in [1.54, 1.807) is 6.07 Å². The summed E-state index contributed by atoms with van der Waals surface area (Å²) in [6.45, 7) is 7.61. The highest BCUT2D eigenvalue weighted by Gasteiger charge is 2.21. The van der Waals surface area contributed by atoms with Gasteiger partial charge in [-0.05, 0) is 51.3 Å². The smallest absolute Gasteiger partial charge is 0.131 e. The molecule has 1 heterocycles. The normalized spacial score (nSPS) is 14.7. The van der Waals surface area contributed by atoms with Crippen LogP contribution in [0.5, 0.6) is 0 Å². The zero-order valence-electron chi connectivity index (χ0n) is 12.9. The number of rotatable bonds is 5. The largest absolute Gasteiger partial charge is 0.310 e. The first kappa shape index (κ1) is 14.3. The van der Waals surface area contributed by atoms with E-state index in [-0.39, 0.29) is 5.82 Å². The molecule has 4 heteroatoms. The molecule has 2 aromatic rings. The molecule has 1 aromatic carbocycles. The molecule has 0 unspecified atom stereocenters. The van der Waals surface area contributed by atoms with Gasteiger partial charge in [0.1, 0.15) is 5.82 Å². The Hall–Kier alpha value is -1.68. The molecule has 0 aliphatic heterocycles. The fraction of sp³-hybridized carbons (Fsp3) is 0.471. The van der Waals surface area contributed by atoms with Gasteiger partial charge in [0, 0.05) is 36.0 Å². The Balaban J connectivity index is 1.96. The number of nitrogens with zero attached hydrogens (tertiary/aromatic N) is 2. The molecular formula is C17H22FN3. The zero-order chi connectivity index (χ0) is 15.0. The topological polar surface area (TPSA) is 29.9 Å². The minimum Gasteiger partial charge on any atom is -0.310 e. The summed E-state index contributed by atoms with van der Waals surface area (Å²) in [5, 5.41) is 7.97. The summed E-state index contributed by atoms with van der Waals surface area (Å²) in [6.07, 6.45) is 2.52. The average Bonchev–Trinajstić information content (AvgIpc) is 3.25. The van der Waals surface area contributed by atoms with E-state index in [9.17, 15) is 4.39 Å². The molecule has 0 amide bonds. The van der Waals surface area contributed by atoms with Crippen molar-refractivity contribution in [3.8, 4) is 11.1 Å². The van der Waals surface area contributed by atoms with E-state index in [0.29, 0.717) is 11.6 Å². The molecule has 1 saturated carbocycles. The molecule has 112 valence electrons. The second-order valence-corrected chi connectivity index (χ2v) is 5.83. The third kappa shape index (κ3) is 2.86. The minimum absolute atomic E-state index is 0.174. The van der Waals surface area contributed by atoms with Crippen molar-refractivity contribution in [1.82, 2.24) is 15.1 Å². The quantitative estimate of drug-likeness (QED) is 0.911. The number of benzene rings is 1. The van der Waals surface area contributed by atoms with Crippen molar-refractivity contribution in [3.05, 3.63) is 41.0 Å². The Morgan fingerprint density at radius 2 is 2.10 bits per heavy atom. The van der Waals surface area contributed by atoms with Gasteiger partial charge < -0.3 is 5.32 Å². The predicted octanol–water partition coefficient (Wildman–Crippen LogP) is 3.58. The molecule has 21 heavy (non-hydrogen) atoms. The van der Waals surface area contributed by atoms with Crippen LogP contribution in [0.3, 0.4) is 0 Å². The molecule has 1 aliphatic carbocycles. The lowest BCUT2D eigenvalue weighted by atomic mass is 10.0. The molecule has 0 saturated heterocycles.